The van der Waals surface area contributed by atoms with E-state index in [1.807, 2.05) is 0 Å². The molecule has 0 spiro atoms. The molecule has 1 aromatic heterocycles. The van der Waals surface area contributed by atoms with E-state index in [0.29, 0.717) is 0 Å². The van der Waals surface area contributed by atoms with Gasteiger partial charge in [-0.25, -0.2) is 4.98 Å². The Hall–Kier alpha value is -0.680. The van der Waals surface area contributed by atoms with Gasteiger partial charge in [-0.15, -0.1) is 0 Å². The predicted octanol–water partition coefficient (Wildman–Crippen LogP) is 2.78. The molecule has 0 saturated carbocycles. The number of nitrogens with zero attached hydrogens (tertiary/aromatic N) is 3. The third kappa shape index (κ3) is 3.92. The molecular weight excluding hydrogens is 244 g/mol. The van der Waals surface area contributed by atoms with Gasteiger partial charge in [0.25, 0.3) is 0 Å². The van der Waals surface area contributed by atoms with Crippen molar-refractivity contribution in [2.24, 2.45) is 0 Å². The predicted molar refractivity (Wildman–Crippen MR) is 77.3 cm³/mol. The summed E-state index contributed by atoms with van der Waals surface area (Å²) in [6.45, 7) is 7.92. The maximum absolute atomic E-state index is 4.41. The third-order valence-corrected chi connectivity index (χ3v) is 4.33. The highest BCUT2D eigenvalue weighted by Crippen LogP contribution is 2.16. The van der Waals surface area contributed by atoms with E-state index in [1.54, 1.807) is 0 Å². The number of piperidine rings is 1. The maximum Gasteiger partial charge on any atom is 0.202 e. The monoisotopic (exact) mass is 268 g/mol. The number of hydrogen-bond acceptors (Lipinski definition) is 5. The Morgan fingerprint density at radius 1 is 1.44 bits per heavy atom. The second kappa shape index (κ2) is 7.04. The molecule has 18 heavy (non-hydrogen) atoms. The average Bonchev–Trinajstić information content (AvgIpc) is 2.84. The highest BCUT2D eigenvalue weighted by molar-refractivity contribution is 7.09. The molecule has 2 rings (SSSR count). The van der Waals surface area contributed by atoms with Gasteiger partial charge in [0.2, 0.25) is 5.13 Å². The van der Waals surface area contributed by atoms with E-state index in [-0.39, 0.29) is 0 Å². The van der Waals surface area contributed by atoms with Crippen molar-refractivity contribution in [3.8, 4) is 0 Å². The van der Waals surface area contributed by atoms with Crippen LogP contribution in [0.4, 0.5) is 5.13 Å². The van der Waals surface area contributed by atoms with Crippen molar-refractivity contribution < 1.29 is 0 Å². The molecule has 1 aliphatic rings. The SMILES string of the molecule is CCc1nsc(NCCCN2CCCCC2C)n1. The van der Waals surface area contributed by atoms with Crippen LogP contribution in [0.25, 0.3) is 0 Å². The van der Waals surface area contributed by atoms with E-state index in [1.165, 1.54) is 50.3 Å². The van der Waals surface area contributed by atoms with E-state index in [4.69, 9.17) is 0 Å². The third-order valence-electron chi connectivity index (χ3n) is 3.62. The number of rotatable bonds is 6. The fraction of sp³-hybridized carbons (Fsp3) is 0.846. The average molecular weight is 268 g/mol. The zero-order valence-corrected chi connectivity index (χ0v) is 12.3. The van der Waals surface area contributed by atoms with Gasteiger partial charge in [0.1, 0.15) is 5.82 Å². The summed E-state index contributed by atoms with van der Waals surface area (Å²) in [5.41, 5.74) is 0. The Morgan fingerprint density at radius 2 is 2.33 bits per heavy atom. The van der Waals surface area contributed by atoms with Gasteiger partial charge in [-0.1, -0.05) is 13.3 Å². The molecule has 2 heterocycles. The van der Waals surface area contributed by atoms with Crippen LogP contribution in [0.5, 0.6) is 0 Å². The standard InChI is InChI=1S/C13H24N4S/c1-3-12-15-13(18-16-12)14-8-6-10-17-9-5-4-7-11(17)2/h11H,3-10H2,1-2H3,(H,14,15,16). The van der Waals surface area contributed by atoms with Crippen LogP contribution in [0.2, 0.25) is 0 Å². The first-order valence-electron chi connectivity index (χ1n) is 7.10. The highest BCUT2D eigenvalue weighted by Gasteiger charge is 2.17. The van der Waals surface area contributed by atoms with Crippen molar-refractivity contribution in [1.29, 1.82) is 0 Å². The van der Waals surface area contributed by atoms with Crippen molar-refractivity contribution in [3.63, 3.8) is 0 Å². The van der Waals surface area contributed by atoms with Gasteiger partial charge >= 0.3 is 0 Å². The number of nitrogens with one attached hydrogen (secondary N) is 1. The minimum atomic E-state index is 0.770. The number of likely N-dealkylation sites (tertiary alicyclic amines) is 1. The summed E-state index contributed by atoms with van der Waals surface area (Å²) in [6, 6.07) is 0.770. The lowest BCUT2D eigenvalue weighted by Crippen LogP contribution is -2.38. The summed E-state index contributed by atoms with van der Waals surface area (Å²) in [5.74, 6) is 0.951. The Kier molecular flexibility index (Phi) is 5.38. The molecular formula is C13H24N4S. The topological polar surface area (TPSA) is 41.1 Å². The normalized spacial score (nSPS) is 21.1. The van der Waals surface area contributed by atoms with E-state index in [9.17, 15) is 0 Å². The molecule has 4 nitrogen and oxygen atoms in total. The molecule has 1 atom stereocenters. The van der Waals surface area contributed by atoms with Gasteiger partial charge < -0.3 is 10.2 Å². The zero-order valence-electron chi connectivity index (χ0n) is 11.5. The Balaban J connectivity index is 1.63. The molecule has 1 saturated heterocycles. The quantitative estimate of drug-likeness (QED) is 0.806. The van der Waals surface area contributed by atoms with Gasteiger partial charge in [-0.3, -0.25) is 0 Å². The van der Waals surface area contributed by atoms with Crippen LogP contribution < -0.4 is 5.32 Å². The second-order valence-electron chi connectivity index (χ2n) is 5.03. The highest BCUT2D eigenvalue weighted by atomic mass is 32.1. The van der Waals surface area contributed by atoms with Crippen molar-refractivity contribution in [1.82, 2.24) is 14.3 Å². The molecule has 1 aromatic rings. The number of hydrogen-bond donors (Lipinski definition) is 1. The maximum atomic E-state index is 4.41. The van der Waals surface area contributed by atoms with E-state index >= 15 is 0 Å². The van der Waals surface area contributed by atoms with Crippen LogP contribution in [-0.4, -0.2) is 39.9 Å². The minimum absolute atomic E-state index is 0.770. The van der Waals surface area contributed by atoms with E-state index in [2.05, 4.69) is 33.4 Å². The summed E-state index contributed by atoms with van der Waals surface area (Å²) < 4.78 is 4.27. The van der Waals surface area contributed by atoms with Crippen LogP contribution in [0.1, 0.15) is 45.4 Å². The van der Waals surface area contributed by atoms with Gasteiger partial charge in [-0.2, -0.15) is 4.37 Å². The minimum Gasteiger partial charge on any atom is -0.360 e. The molecule has 0 bridgehead atoms. The van der Waals surface area contributed by atoms with Crippen molar-refractivity contribution >= 4 is 16.7 Å². The Morgan fingerprint density at radius 3 is 3.06 bits per heavy atom. The molecule has 102 valence electrons. The lowest BCUT2D eigenvalue weighted by molar-refractivity contribution is 0.160. The fourth-order valence-electron chi connectivity index (χ4n) is 2.44. The van der Waals surface area contributed by atoms with Gasteiger partial charge in [0.05, 0.1) is 0 Å². The fourth-order valence-corrected chi connectivity index (χ4v) is 3.11. The molecule has 0 aliphatic carbocycles. The molecule has 1 N–H and O–H groups in total. The van der Waals surface area contributed by atoms with Gasteiger partial charge in [-0.05, 0) is 32.7 Å². The molecule has 1 unspecified atom stereocenters. The number of anilines is 1. The first-order valence-corrected chi connectivity index (χ1v) is 7.87. The summed E-state index contributed by atoms with van der Waals surface area (Å²) in [7, 11) is 0. The summed E-state index contributed by atoms with van der Waals surface area (Å²) in [4.78, 5) is 7.02. The van der Waals surface area contributed by atoms with Crippen molar-refractivity contribution in [2.45, 2.75) is 52.0 Å². The molecule has 5 heteroatoms. The largest absolute Gasteiger partial charge is 0.360 e. The van der Waals surface area contributed by atoms with E-state index in [0.717, 1.165) is 30.0 Å². The molecule has 1 fully saturated rings. The van der Waals surface area contributed by atoms with Crippen LogP contribution in [0.3, 0.4) is 0 Å². The Labute approximate surface area is 114 Å². The van der Waals surface area contributed by atoms with E-state index < -0.39 is 0 Å². The Bertz CT molecular complexity index is 353. The number of aryl methyl sites for hydroxylation is 1. The molecule has 0 amide bonds. The number of aromatic nitrogens is 2. The molecule has 1 aliphatic heterocycles. The zero-order chi connectivity index (χ0) is 12.8. The summed E-state index contributed by atoms with van der Waals surface area (Å²) >= 11 is 1.47. The first kappa shape index (κ1) is 13.7. The van der Waals surface area contributed by atoms with Crippen LogP contribution >= 0.6 is 11.5 Å². The molecule has 0 aromatic carbocycles. The van der Waals surface area contributed by atoms with Crippen molar-refractivity contribution in [2.75, 3.05) is 25.0 Å². The van der Waals surface area contributed by atoms with Gasteiger partial charge in [0.15, 0.2) is 0 Å². The summed E-state index contributed by atoms with van der Waals surface area (Å²) in [5, 5.41) is 4.34. The van der Waals surface area contributed by atoms with Crippen molar-refractivity contribution in [3.05, 3.63) is 5.82 Å². The van der Waals surface area contributed by atoms with Crippen LogP contribution in [0, 0.1) is 0 Å². The smallest absolute Gasteiger partial charge is 0.202 e. The summed E-state index contributed by atoms with van der Waals surface area (Å²) in [6.07, 6.45) is 6.24. The van der Waals surface area contributed by atoms with Crippen LogP contribution in [-0.2, 0) is 6.42 Å². The lowest BCUT2D eigenvalue weighted by Gasteiger charge is -2.33. The van der Waals surface area contributed by atoms with Gasteiger partial charge in [0, 0.05) is 37.1 Å². The first-order chi connectivity index (χ1) is 8.79. The second-order valence-corrected chi connectivity index (χ2v) is 5.78. The van der Waals surface area contributed by atoms with Crippen LogP contribution in [0.15, 0.2) is 0 Å². The lowest BCUT2D eigenvalue weighted by atomic mass is 10.0. The molecule has 0 radical (unpaired) electrons.